The summed E-state index contributed by atoms with van der Waals surface area (Å²) < 4.78 is 0. The standard InChI is InChI=1S/C15H21N5S/c1-3-16-13-10(2)14(20-15(19-13)11-4-5-11)17-7-6-12-8-21-9-18-12/h8-9,11H,3-7H2,1-2H3,(H2,16,17,19,20). The fourth-order valence-corrected chi connectivity index (χ4v) is 2.83. The van der Waals surface area contributed by atoms with Gasteiger partial charge in [-0.05, 0) is 26.7 Å². The molecule has 0 bridgehead atoms. The number of nitrogens with one attached hydrogen (secondary N) is 2. The average Bonchev–Trinajstić information content (AvgIpc) is 3.20. The maximum Gasteiger partial charge on any atom is 0.136 e. The van der Waals surface area contributed by atoms with Gasteiger partial charge in [-0.15, -0.1) is 11.3 Å². The summed E-state index contributed by atoms with van der Waals surface area (Å²) in [7, 11) is 0. The van der Waals surface area contributed by atoms with Crippen molar-refractivity contribution in [3.63, 3.8) is 0 Å². The van der Waals surface area contributed by atoms with E-state index in [1.165, 1.54) is 12.8 Å². The molecule has 3 rings (SSSR count). The minimum atomic E-state index is 0.557. The molecule has 0 atom stereocenters. The quantitative estimate of drug-likeness (QED) is 0.822. The molecule has 0 aromatic carbocycles. The Bertz CT molecular complexity index is 592. The van der Waals surface area contributed by atoms with Crippen molar-refractivity contribution in [3.8, 4) is 0 Å². The van der Waals surface area contributed by atoms with Crippen molar-refractivity contribution in [1.29, 1.82) is 0 Å². The Morgan fingerprint density at radius 2 is 2.00 bits per heavy atom. The topological polar surface area (TPSA) is 62.7 Å². The lowest BCUT2D eigenvalue weighted by Crippen LogP contribution is -2.13. The van der Waals surface area contributed by atoms with Crippen LogP contribution in [-0.4, -0.2) is 28.0 Å². The predicted molar refractivity (Wildman–Crippen MR) is 87.2 cm³/mol. The van der Waals surface area contributed by atoms with Gasteiger partial charge in [0, 0.05) is 36.4 Å². The van der Waals surface area contributed by atoms with Gasteiger partial charge in [0.25, 0.3) is 0 Å². The molecule has 2 aromatic heterocycles. The Morgan fingerprint density at radius 1 is 1.24 bits per heavy atom. The Hall–Kier alpha value is -1.69. The molecule has 21 heavy (non-hydrogen) atoms. The second-order valence-electron chi connectivity index (χ2n) is 5.37. The molecule has 2 heterocycles. The molecule has 0 saturated heterocycles. The number of hydrogen-bond donors (Lipinski definition) is 2. The van der Waals surface area contributed by atoms with Gasteiger partial charge in [0.2, 0.25) is 0 Å². The monoisotopic (exact) mass is 303 g/mol. The van der Waals surface area contributed by atoms with E-state index in [2.05, 4.69) is 39.8 Å². The van der Waals surface area contributed by atoms with E-state index in [4.69, 9.17) is 4.98 Å². The Kier molecular flexibility index (Phi) is 4.34. The summed E-state index contributed by atoms with van der Waals surface area (Å²) in [5.74, 6) is 3.46. The SMILES string of the molecule is CCNc1nc(C2CC2)nc(NCCc2cscn2)c1C. The maximum atomic E-state index is 4.72. The minimum Gasteiger partial charge on any atom is -0.370 e. The lowest BCUT2D eigenvalue weighted by molar-refractivity contribution is 0.899. The van der Waals surface area contributed by atoms with Crippen molar-refractivity contribution in [1.82, 2.24) is 15.0 Å². The summed E-state index contributed by atoms with van der Waals surface area (Å²) in [5.41, 5.74) is 4.10. The molecule has 0 amide bonds. The first-order valence-electron chi connectivity index (χ1n) is 7.51. The van der Waals surface area contributed by atoms with Crippen LogP contribution in [0.2, 0.25) is 0 Å². The van der Waals surface area contributed by atoms with Gasteiger partial charge >= 0.3 is 0 Å². The summed E-state index contributed by atoms with van der Waals surface area (Å²) in [6.45, 7) is 5.88. The summed E-state index contributed by atoms with van der Waals surface area (Å²) in [5, 5.41) is 8.88. The first-order valence-corrected chi connectivity index (χ1v) is 8.45. The predicted octanol–water partition coefficient (Wildman–Crippen LogP) is 3.21. The van der Waals surface area contributed by atoms with Gasteiger partial charge in [-0.1, -0.05) is 0 Å². The summed E-state index contributed by atoms with van der Waals surface area (Å²) in [4.78, 5) is 13.7. The summed E-state index contributed by atoms with van der Waals surface area (Å²) >= 11 is 1.64. The van der Waals surface area contributed by atoms with Crippen LogP contribution in [-0.2, 0) is 6.42 Å². The van der Waals surface area contributed by atoms with Crippen molar-refractivity contribution in [3.05, 3.63) is 28.0 Å². The van der Waals surface area contributed by atoms with Crippen molar-refractivity contribution in [2.24, 2.45) is 0 Å². The average molecular weight is 303 g/mol. The molecule has 1 saturated carbocycles. The number of thiazole rings is 1. The Morgan fingerprint density at radius 3 is 2.62 bits per heavy atom. The van der Waals surface area contributed by atoms with Gasteiger partial charge in [-0.3, -0.25) is 0 Å². The molecule has 0 radical (unpaired) electrons. The molecular formula is C15H21N5S. The van der Waals surface area contributed by atoms with Crippen LogP contribution in [0.3, 0.4) is 0 Å². The Labute approximate surface area is 129 Å². The first-order chi connectivity index (χ1) is 10.3. The van der Waals surface area contributed by atoms with Crippen molar-refractivity contribution < 1.29 is 0 Å². The van der Waals surface area contributed by atoms with Gasteiger partial charge in [-0.2, -0.15) is 0 Å². The third-order valence-corrected chi connectivity index (χ3v) is 4.24. The highest BCUT2D eigenvalue weighted by molar-refractivity contribution is 7.07. The smallest absolute Gasteiger partial charge is 0.136 e. The molecule has 1 aliphatic carbocycles. The van der Waals surface area contributed by atoms with Crippen LogP contribution in [0.5, 0.6) is 0 Å². The molecule has 1 fully saturated rings. The van der Waals surface area contributed by atoms with E-state index < -0.39 is 0 Å². The third kappa shape index (κ3) is 3.50. The van der Waals surface area contributed by atoms with Crippen molar-refractivity contribution >= 4 is 23.0 Å². The van der Waals surface area contributed by atoms with E-state index in [1.807, 2.05) is 5.51 Å². The summed E-state index contributed by atoms with van der Waals surface area (Å²) in [6.07, 6.45) is 3.35. The van der Waals surface area contributed by atoms with E-state index in [-0.39, 0.29) is 0 Å². The number of aromatic nitrogens is 3. The van der Waals surface area contributed by atoms with E-state index in [1.54, 1.807) is 11.3 Å². The van der Waals surface area contributed by atoms with Gasteiger partial charge < -0.3 is 10.6 Å². The molecule has 6 heteroatoms. The lowest BCUT2D eigenvalue weighted by atomic mass is 10.2. The fourth-order valence-electron chi connectivity index (χ4n) is 2.24. The van der Waals surface area contributed by atoms with Gasteiger partial charge in [-0.25, -0.2) is 15.0 Å². The zero-order valence-corrected chi connectivity index (χ0v) is 13.3. The highest BCUT2D eigenvalue weighted by atomic mass is 32.1. The Balaban J connectivity index is 1.72. The van der Waals surface area contributed by atoms with Crippen LogP contribution in [0.15, 0.2) is 10.9 Å². The van der Waals surface area contributed by atoms with E-state index in [9.17, 15) is 0 Å². The molecular weight excluding hydrogens is 282 g/mol. The second-order valence-corrected chi connectivity index (χ2v) is 6.08. The minimum absolute atomic E-state index is 0.557. The largest absolute Gasteiger partial charge is 0.370 e. The number of hydrogen-bond acceptors (Lipinski definition) is 6. The van der Waals surface area contributed by atoms with E-state index in [0.717, 1.165) is 48.2 Å². The van der Waals surface area contributed by atoms with Crippen molar-refractivity contribution in [2.75, 3.05) is 23.7 Å². The van der Waals surface area contributed by atoms with Gasteiger partial charge in [0.05, 0.1) is 11.2 Å². The lowest BCUT2D eigenvalue weighted by Gasteiger charge is -2.14. The fraction of sp³-hybridized carbons (Fsp3) is 0.533. The molecule has 112 valence electrons. The molecule has 0 unspecified atom stereocenters. The molecule has 1 aliphatic rings. The zero-order chi connectivity index (χ0) is 14.7. The molecule has 5 nitrogen and oxygen atoms in total. The third-order valence-electron chi connectivity index (χ3n) is 3.61. The maximum absolute atomic E-state index is 4.72. The number of rotatable bonds is 7. The van der Waals surface area contributed by atoms with E-state index >= 15 is 0 Å². The molecule has 0 aliphatic heterocycles. The molecule has 2 N–H and O–H groups in total. The van der Waals surface area contributed by atoms with E-state index in [0.29, 0.717) is 5.92 Å². The number of nitrogens with zero attached hydrogens (tertiary/aromatic N) is 3. The highest BCUT2D eigenvalue weighted by Gasteiger charge is 2.28. The normalized spacial score (nSPS) is 14.2. The van der Waals surface area contributed by atoms with Crippen molar-refractivity contribution in [2.45, 2.75) is 39.0 Å². The first kappa shape index (κ1) is 14.3. The van der Waals surface area contributed by atoms with Crippen LogP contribution in [0.4, 0.5) is 11.6 Å². The molecule has 2 aromatic rings. The van der Waals surface area contributed by atoms with Crippen LogP contribution in [0.1, 0.15) is 42.8 Å². The van der Waals surface area contributed by atoms with Crippen LogP contribution in [0, 0.1) is 6.92 Å². The van der Waals surface area contributed by atoms with Crippen LogP contribution in [0.25, 0.3) is 0 Å². The zero-order valence-electron chi connectivity index (χ0n) is 12.5. The molecule has 0 spiro atoms. The summed E-state index contributed by atoms with van der Waals surface area (Å²) in [6, 6.07) is 0. The van der Waals surface area contributed by atoms with Crippen LogP contribution < -0.4 is 10.6 Å². The second kappa shape index (κ2) is 6.39. The van der Waals surface area contributed by atoms with Crippen LogP contribution >= 0.6 is 11.3 Å². The highest BCUT2D eigenvalue weighted by Crippen LogP contribution is 2.39. The van der Waals surface area contributed by atoms with Gasteiger partial charge in [0.1, 0.15) is 17.5 Å². The van der Waals surface area contributed by atoms with Gasteiger partial charge in [0.15, 0.2) is 0 Å². The number of anilines is 2.